The number of nitrogens with zero attached hydrogens (tertiary/aromatic N) is 2. The van der Waals surface area contributed by atoms with E-state index in [-0.39, 0.29) is 17.4 Å². The van der Waals surface area contributed by atoms with E-state index in [1.807, 2.05) is 40.8 Å². The van der Waals surface area contributed by atoms with Gasteiger partial charge in [0.05, 0.1) is 0 Å². The molecule has 1 rings (SSSR count). The molecular weight excluding hydrogens is 216 g/mol. The van der Waals surface area contributed by atoms with Crippen LogP contribution in [0.5, 0.6) is 0 Å². The van der Waals surface area contributed by atoms with Crippen LogP contribution in [0.4, 0.5) is 5.82 Å². The highest BCUT2D eigenvalue weighted by molar-refractivity contribution is 5.90. The second kappa shape index (κ2) is 4.87. The highest BCUT2D eigenvalue weighted by Crippen LogP contribution is 2.20. The Morgan fingerprint density at radius 2 is 2.18 bits per heavy atom. The number of hydrogen-bond acceptors (Lipinski definition) is 3. The standard InChI is InChI=1S/C12H22N4O/c1-8-6-10(15-16(8)5)14-11(17)7-9(13)12(2,3)4/h6,9H,7,13H2,1-5H3,(H,14,15,17). The number of rotatable bonds is 3. The molecule has 0 spiro atoms. The lowest BCUT2D eigenvalue weighted by Crippen LogP contribution is -2.38. The van der Waals surface area contributed by atoms with Crippen LogP contribution in [0.1, 0.15) is 32.9 Å². The molecular formula is C12H22N4O. The van der Waals surface area contributed by atoms with Crippen LogP contribution in [0.2, 0.25) is 0 Å². The van der Waals surface area contributed by atoms with Crippen LogP contribution in [-0.2, 0) is 11.8 Å². The molecule has 0 bridgehead atoms. The number of aromatic nitrogens is 2. The molecule has 1 heterocycles. The molecule has 0 saturated heterocycles. The predicted molar refractivity (Wildman–Crippen MR) is 68.6 cm³/mol. The summed E-state index contributed by atoms with van der Waals surface area (Å²) in [5.74, 6) is 0.488. The van der Waals surface area contributed by atoms with Gasteiger partial charge in [0.2, 0.25) is 5.91 Å². The van der Waals surface area contributed by atoms with Crippen LogP contribution in [0, 0.1) is 12.3 Å². The molecule has 1 aromatic rings. The third kappa shape index (κ3) is 3.85. The Bertz CT molecular complexity index is 384. The second-order valence-electron chi connectivity index (χ2n) is 5.52. The maximum Gasteiger partial charge on any atom is 0.227 e. The Morgan fingerprint density at radius 3 is 2.59 bits per heavy atom. The van der Waals surface area contributed by atoms with Gasteiger partial charge < -0.3 is 11.1 Å². The van der Waals surface area contributed by atoms with Gasteiger partial charge in [-0.05, 0) is 12.3 Å². The summed E-state index contributed by atoms with van der Waals surface area (Å²) in [4.78, 5) is 11.7. The van der Waals surface area contributed by atoms with Gasteiger partial charge in [-0.3, -0.25) is 9.48 Å². The Morgan fingerprint density at radius 1 is 1.59 bits per heavy atom. The molecule has 0 aromatic carbocycles. The first-order chi connectivity index (χ1) is 7.70. The van der Waals surface area contributed by atoms with Gasteiger partial charge in [-0.25, -0.2) is 0 Å². The minimum Gasteiger partial charge on any atom is -0.327 e. The van der Waals surface area contributed by atoms with E-state index in [4.69, 9.17) is 5.73 Å². The van der Waals surface area contributed by atoms with E-state index in [1.165, 1.54) is 0 Å². The normalized spacial score (nSPS) is 13.5. The number of amides is 1. The van der Waals surface area contributed by atoms with Crippen LogP contribution in [0.25, 0.3) is 0 Å². The molecule has 0 saturated carbocycles. The number of carbonyl (C=O) groups is 1. The van der Waals surface area contributed by atoms with Gasteiger partial charge >= 0.3 is 0 Å². The Labute approximate surface area is 102 Å². The van der Waals surface area contributed by atoms with E-state index in [0.717, 1.165) is 5.69 Å². The lowest BCUT2D eigenvalue weighted by Gasteiger charge is -2.26. The fraction of sp³-hybridized carbons (Fsp3) is 0.667. The van der Waals surface area contributed by atoms with Crippen molar-refractivity contribution in [1.82, 2.24) is 9.78 Å². The molecule has 0 radical (unpaired) electrons. The van der Waals surface area contributed by atoms with E-state index in [2.05, 4.69) is 10.4 Å². The average Bonchev–Trinajstić information content (AvgIpc) is 2.43. The molecule has 96 valence electrons. The first-order valence-electron chi connectivity index (χ1n) is 5.76. The SMILES string of the molecule is Cc1cc(NC(=O)CC(N)C(C)(C)C)nn1C. The van der Waals surface area contributed by atoms with Crippen molar-refractivity contribution in [2.45, 2.75) is 40.2 Å². The van der Waals surface area contributed by atoms with Gasteiger partial charge in [0.15, 0.2) is 5.82 Å². The highest BCUT2D eigenvalue weighted by atomic mass is 16.1. The van der Waals surface area contributed by atoms with E-state index in [9.17, 15) is 4.79 Å². The molecule has 0 fully saturated rings. The molecule has 1 atom stereocenters. The fourth-order valence-electron chi connectivity index (χ4n) is 1.32. The van der Waals surface area contributed by atoms with Gasteiger partial charge in [0.25, 0.3) is 0 Å². The maximum atomic E-state index is 11.7. The average molecular weight is 238 g/mol. The summed E-state index contributed by atoms with van der Waals surface area (Å²) >= 11 is 0. The first-order valence-corrected chi connectivity index (χ1v) is 5.76. The first kappa shape index (κ1) is 13.7. The highest BCUT2D eigenvalue weighted by Gasteiger charge is 2.23. The number of hydrogen-bond donors (Lipinski definition) is 2. The fourth-order valence-corrected chi connectivity index (χ4v) is 1.32. The van der Waals surface area contributed by atoms with Crippen LogP contribution in [-0.4, -0.2) is 21.7 Å². The Balaban J connectivity index is 2.56. The number of aryl methyl sites for hydroxylation is 2. The summed E-state index contributed by atoms with van der Waals surface area (Å²) in [6.07, 6.45) is 0.305. The van der Waals surface area contributed by atoms with Crippen LogP contribution in [0.15, 0.2) is 6.07 Å². The summed E-state index contributed by atoms with van der Waals surface area (Å²) in [5, 5.41) is 6.92. The van der Waals surface area contributed by atoms with E-state index in [1.54, 1.807) is 4.68 Å². The Hall–Kier alpha value is -1.36. The van der Waals surface area contributed by atoms with Gasteiger partial charge in [-0.2, -0.15) is 5.10 Å². The molecule has 5 heteroatoms. The molecule has 0 aliphatic rings. The van der Waals surface area contributed by atoms with Crippen molar-refractivity contribution < 1.29 is 4.79 Å². The largest absolute Gasteiger partial charge is 0.327 e. The second-order valence-corrected chi connectivity index (χ2v) is 5.52. The summed E-state index contributed by atoms with van der Waals surface area (Å²) in [6, 6.07) is 1.67. The van der Waals surface area contributed by atoms with E-state index >= 15 is 0 Å². The molecule has 1 amide bonds. The molecule has 1 aromatic heterocycles. The zero-order valence-electron chi connectivity index (χ0n) is 11.2. The summed E-state index contributed by atoms with van der Waals surface area (Å²) in [7, 11) is 1.84. The van der Waals surface area contributed by atoms with Crippen molar-refractivity contribution >= 4 is 11.7 Å². The molecule has 5 nitrogen and oxygen atoms in total. The summed E-state index contributed by atoms with van der Waals surface area (Å²) < 4.78 is 1.72. The lowest BCUT2D eigenvalue weighted by molar-refractivity contribution is -0.117. The molecule has 3 N–H and O–H groups in total. The van der Waals surface area contributed by atoms with E-state index in [0.29, 0.717) is 12.2 Å². The van der Waals surface area contributed by atoms with Gasteiger partial charge in [0, 0.05) is 31.3 Å². The predicted octanol–water partition coefficient (Wildman–Crippen LogP) is 1.43. The van der Waals surface area contributed by atoms with E-state index < -0.39 is 0 Å². The van der Waals surface area contributed by atoms with Crippen LogP contribution < -0.4 is 11.1 Å². The zero-order valence-corrected chi connectivity index (χ0v) is 11.2. The van der Waals surface area contributed by atoms with Crippen molar-refractivity contribution in [2.75, 3.05) is 5.32 Å². The number of anilines is 1. The van der Waals surface area contributed by atoms with Crippen molar-refractivity contribution in [3.8, 4) is 0 Å². The maximum absolute atomic E-state index is 11.7. The number of nitrogens with two attached hydrogens (primary N) is 1. The van der Waals surface area contributed by atoms with Crippen molar-refractivity contribution in [3.05, 3.63) is 11.8 Å². The lowest BCUT2D eigenvalue weighted by atomic mass is 9.85. The van der Waals surface area contributed by atoms with Gasteiger partial charge in [0.1, 0.15) is 0 Å². The number of nitrogens with one attached hydrogen (secondary N) is 1. The topological polar surface area (TPSA) is 72.9 Å². The monoisotopic (exact) mass is 238 g/mol. The Kier molecular flexibility index (Phi) is 3.93. The summed E-state index contributed by atoms with van der Waals surface area (Å²) in [6.45, 7) is 8.01. The third-order valence-corrected chi connectivity index (χ3v) is 2.90. The third-order valence-electron chi connectivity index (χ3n) is 2.90. The quantitative estimate of drug-likeness (QED) is 0.836. The number of carbonyl (C=O) groups excluding carboxylic acids is 1. The van der Waals surface area contributed by atoms with Gasteiger partial charge in [-0.1, -0.05) is 20.8 Å². The van der Waals surface area contributed by atoms with Crippen LogP contribution in [0.3, 0.4) is 0 Å². The zero-order chi connectivity index (χ0) is 13.2. The summed E-state index contributed by atoms with van der Waals surface area (Å²) in [5.41, 5.74) is 6.88. The molecule has 1 unspecified atom stereocenters. The van der Waals surface area contributed by atoms with Crippen molar-refractivity contribution in [1.29, 1.82) is 0 Å². The molecule has 0 aliphatic heterocycles. The smallest absolute Gasteiger partial charge is 0.227 e. The molecule has 0 aliphatic carbocycles. The van der Waals surface area contributed by atoms with Crippen molar-refractivity contribution in [3.63, 3.8) is 0 Å². The van der Waals surface area contributed by atoms with Gasteiger partial charge in [-0.15, -0.1) is 0 Å². The minimum atomic E-state index is -0.160. The van der Waals surface area contributed by atoms with Crippen LogP contribution >= 0.6 is 0 Å². The minimum absolute atomic E-state index is 0.0721. The van der Waals surface area contributed by atoms with Crippen molar-refractivity contribution in [2.24, 2.45) is 18.2 Å². The molecule has 17 heavy (non-hydrogen) atoms.